The molecule has 0 aromatic heterocycles. The van der Waals surface area contributed by atoms with Crippen molar-refractivity contribution in [1.29, 1.82) is 0 Å². The summed E-state index contributed by atoms with van der Waals surface area (Å²) in [4.78, 5) is 0. The number of halogens is 4. The zero-order valence-corrected chi connectivity index (χ0v) is 8.00. The summed E-state index contributed by atoms with van der Waals surface area (Å²) in [6, 6.07) is 1.62. The Bertz CT molecular complexity index is 339. The molecule has 0 atom stereocenters. The molecule has 1 N–H and O–H groups in total. The highest BCUT2D eigenvalue weighted by atomic mass is 35.5. The predicted octanol–water partition coefficient (Wildman–Crippen LogP) is 2.21. The van der Waals surface area contributed by atoms with Crippen molar-refractivity contribution in [2.75, 3.05) is 13.1 Å². The highest BCUT2D eigenvalue weighted by Crippen LogP contribution is 2.25. The van der Waals surface area contributed by atoms with Gasteiger partial charge in [0.25, 0.3) is 0 Å². The fraction of sp³-hybridized carbons (Fsp3) is 0.333. The molecule has 78 valence electrons. The van der Waals surface area contributed by atoms with Gasteiger partial charge in [0.05, 0.1) is 0 Å². The van der Waals surface area contributed by atoms with Gasteiger partial charge in [0.15, 0.2) is 11.6 Å². The summed E-state index contributed by atoms with van der Waals surface area (Å²) < 4.78 is 38.5. The number of nitrogens with one attached hydrogen (secondary N) is 1. The van der Waals surface area contributed by atoms with Crippen molar-refractivity contribution in [2.45, 2.75) is 5.92 Å². The monoisotopic (exact) mass is 223 g/mol. The van der Waals surface area contributed by atoms with Crippen LogP contribution in [-0.2, 0) is 0 Å². The molecule has 0 amide bonds. The molecule has 1 heterocycles. The van der Waals surface area contributed by atoms with Gasteiger partial charge in [0, 0.05) is 25.1 Å². The highest BCUT2D eigenvalue weighted by molar-refractivity contribution is 5.85. The molecule has 1 aliphatic heterocycles. The van der Waals surface area contributed by atoms with Gasteiger partial charge in [-0.25, -0.2) is 13.2 Å². The van der Waals surface area contributed by atoms with Gasteiger partial charge in [-0.2, -0.15) is 0 Å². The Hall–Kier alpha value is -0.740. The van der Waals surface area contributed by atoms with Gasteiger partial charge in [-0.05, 0) is 11.6 Å². The van der Waals surface area contributed by atoms with Crippen LogP contribution in [-0.4, -0.2) is 13.1 Å². The van der Waals surface area contributed by atoms with E-state index in [4.69, 9.17) is 0 Å². The Morgan fingerprint density at radius 2 is 1.79 bits per heavy atom. The molecule has 2 rings (SSSR count). The molecule has 1 aromatic rings. The first-order valence-electron chi connectivity index (χ1n) is 4.03. The lowest BCUT2D eigenvalue weighted by atomic mass is 9.93. The van der Waals surface area contributed by atoms with Gasteiger partial charge in [-0.3, -0.25) is 0 Å². The summed E-state index contributed by atoms with van der Waals surface area (Å²) >= 11 is 0. The minimum atomic E-state index is -1.11. The van der Waals surface area contributed by atoms with Crippen molar-refractivity contribution >= 4 is 12.4 Å². The van der Waals surface area contributed by atoms with E-state index in [1.165, 1.54) is 0 Å². The maximum absolute atomic E-state index is 13.1. The Kier molecular flexibility index (Phi) is 3.39. The average Bonchev–Trinajstić information content (AvgIpc) is 1.95. The van der Waals surface area contributed by atoms with Crippen molar-refractivity contribution in [3.05, 3.63) is 35.1 Å². The third-order valence-electron chi connectivity index (χ3n) is 2.24. The fourth-order valence-corrected chi connectivity index (χ4v) is 1.38. The molecule has 1 saturated heterocycles. The topological polar surface area (TPSA) is 12.0 Å². The first-order chi connectivity index (χ1) is 6.18. The molecule has 5 heteroatoms. The molecule has 14 heavy (non-hydrogen) atoms. The Balaban J connectivity index is 0.000000980. The second-order valence-electron chi connectivity index (χ2n) is 3.15. The van der Waals surface area contributed by atoms with Gasteiger partial charge in [-0.1, -0.05) is 0 Å². The second-order valence-corrected chi connectivity index (χ2v) is 3.15. The molecule has 1 nitrogen and oxygen atoms in total. The van der Waals surface area contributed by atoms with E-state index in [0.717, 1.165) is 6.07 Å². The molecule has 0 saturated carbocycles. The molecule has 0 unspecified atom stereocenters. The van der Waals surface area contributed by atoms with Crippen LogP contribution in [0.15, 0.2) is 12.1 Å². The highest BCUT2D eigenvalue weighted by Gasteiger charge is 2.24. The van der Waals surface area contributed by atoms with Crippen LogP contribution in [0.5, 0.6) is 0 Å². The lowest BCUT2D eigenvalue weighted by Gasteiger charge is -2.27. The minimum Gasteiger partial charge on any atom is -0.315 e. The van der Waals surface area contributed by atoms with Gasteiger partial charge in [0.2, 0.25) is 0 Å². The lowest BCUT2D eigenvalue weighted by molar-refractivity contribution is 0.411. The molecular formula is C9H9ClF3N. The standard InChI is InChI=1S/C9H8F3N.ClH/c10-6-1-7(5-3-13-4-5)9(12)8(11)2-6;/h1-2,5,13H,3-4H2;1H. The van der Waals surface area contributed by atoms with Crippen LogP contribution in [0.2, 0.25) is 0 Å². The third kappa shape index (κ3) is 1.86. The maximum Gasteiger partial charge on any atom is 0.162 e. The molecule has 0 aliphatic carbocycles. The lowest BCUT2D eigenvalue weighted by Crippen LogP contribution is -2.40. The van der Waals surface area contributed by atoms with Crippen molar-refractivity contribution in [3.63, 3.8) is 0 Å². The molecule has 0 radical (unpaired) electrons. The van der Waals surface area contributed by atoms with E-state index < -0.39 is 17.5 Å². The summed E-state index contributed by atoms with van der Waals surface area (Å²) in [7, 11) is 0. The zero-order chi connectivity index (χ0) is 9.42. The van der Waals surface area contributed by atoms with E-state index in [1.54, 1.807) is 0 Å². The zero-order valence-electron chi connectivity index (χ0n) is 7.19. The predicted molar refractivity (Wildman–Crippen MR) is 49.2 cm³/mol. The third-order valence-corrected chi connectivity index (χ3v) is 2.24. The molecule has 0 spiro atoms. The van der Waals surface area contributed by atoms with Crippen LogP contribution in [0.1, 0.15) is 11.5 Å². The maximum atomic E-state index is 13.1. The Labute approximate surface area is 85.7 Å². The second kappa shape index (κ2) is 4.19. The van der Waals surface area contributed by atoms with E-state index in [2.05, 4.69) is 5.32 Å². The quantitative estimate of drug-likeness (QED) is 0.720. The number of rotatable bonds is 1. The van der Waals surface area contributed by atoms with Crippen LogP contribution in [0.4, 0.5) is 13.2 Å². The first kappa shape index (κ1) is 11.3. The van der Waals surface area contributed by atoms with Crippen molar-refractivity contribution in [1.82, 2.24) is 5.32 Å². The van der Waals surface area contributed by atoms with Gasteiger partial charge in [0.1, 0.15) is 5.82 Å². The van der Waals surface area contributed by atoms with Crippen molar-refractivity contribution in [2.24, 2.45) is 0 Å². The molecular weight excluding hydrogens is 215 g/mol. The number of hydrogen-bond acceptors (Lipinski definition) is 1. The average molecular weight is 224 g/mol. The van der Waals surface area contributed by atoms with Crippen molar-refractivity contribution in [3.8, 4) is 0 Å². The Morgan fingerprint density at radius 3 is 2.29 bits per heavy atom. The fourth-order valence-electron chi connectivity index (χ4n) is 1.38. The largest absolute Gasteiger partial charge is 0.315 e. The number of hydrogen-bond donors (Lipinski definition) is 1. The smallest absolute Gasteiger partial charge is 0.162 e. The van der Waals surface area contributed by atoms with Crippen LogP contribution >= 0.6 is 12.4 Å². The van der Waals surface area contributed by atoms with Crippen LogP contribution in [0, 0.1) is 17.5 Å². The van der Waals surface area contributed by atoms with Crippen LogP contribution in [0.25, 0.3) is 0 Å². The van der Waals surface area contributed by atoms with E-state index in [1.807, 2.05) is 0 Å². The number of benzene rings is 1. The van der Waals surface area contributed by atoms with Crippen LogP contribution in [0.3, 0.4) is 0 Å². The molecule has 1 aromatic carbocycles. The van der Waals surface area contributed by atoms with Gasteiger partial charge in [-0.15, -0.1) is 12.4 Å². The molecule has 0 bridgehead atoms. The Morgan fingerprint density at radius 1 is 1.14 bits per heavy atom. The van der Waals surface area contributed by atoms with E-state index in [0.29, 0.717) is 19.2 Å². The van der Waals surface area contributed by atoms with Gasteiger partial charge < -0.3 is 5.32 Å². The molecule has 1 aliphatic rings. The summed E-state index contributed by atoms with van der Waals surface area (Å²) in [6.07, 6.45) is 0. The van der Waals surface area contributed by atoms with Gasteiger partial charge >= 0.3 is 0 Å². The van der Waals surface area contributed by atoms with Crippen LogP contribution < -0.4 is 5.32 Å². The SMILES string of the molecule is Cl.Fc1cc(F)c(F)c(C2CNC2)c1. The molecule has 1 fully saturated rings. The first-order valence-corrected chi connectivity index (χ1v) is 4.03. The van der Waals surface area contributed by atoms with Crippen molar-refractivity contribution < 1.29 is 13.2 Å². The van der Waals surface area contributed by atoms with E-state index >= 15 is 0 Å². The summed E-state index contributed by atoms with van der Waals surface area (Å²) in [5, 5.41) is 2.91. The van der Waals surface area contributed by atoms with E-state index in [-0.39, 0.29) is 23.9 Å². The minimum absolute atomic E-state index is 0. The summed E-state index contributed by atoms with van der Waals surface area (Å²) in [6.45, 7) is 1.17. The van der Waals surface area contributed by atoms with E-state index in [9.17, 15) is 13.2 Å². The summed E-state index contributed by atoms with van der Waals surface area (Å²) in [5.74, 6) is -2.85. The normalized spacial score (nSPS) is 15.9. The summed E-state index contributed by atoms with van der Waals surface area (Å²) in [5.41, 5.74) is 0.135.